The van der Waals surface area contributed by atoms with Crippen LogP contribution in [0.3, 0.4) is 0 Å². The minimum atomic E-state index is -1.04. The number of aromatic nitrogens is 1. The second-order valence-corrected chi connectivity index (χ2v) is 10.0. The van der Waals surface area contributed by atoms with E-state index in [-0.39, 0.29) is 24.7 Å². The van der Waals surface area contributed by atoms with Crippen molar-refractivity contribution >= 4 is 29.0 Å². The molecule has 0 aliphatic heterocycles. The van der Waals surface area contributed by atoms with Crippen molar-refractivity contribution in [2.75, 3.05) is 23.4 Å². The maximum atomic E-state index is 13.2. The van der Waals surface area contributed by atoms with E-state index < -0.39 is 12.0 Å². The molecule has 220 valence electrons. The van der Waals surface area contributed by atoms with Crippen molar-refractivity contribution in [3.05, 3.63) is 156 Å². The van der Waals surface area contributed by atoms with Crippen molar-refractivity contribution in [3.63, 3.8) is 0 Å². The Morgan fingerprint density at radius 3 is 2.07 bits per heavy atom. The van der Waals surface area contributed by atoms with Gasteiger partial charge in [-0.2, -0.15) is 0 Å². The number of nitrogens with zero attached hydrogens (tertiary/aromatic N) is 2. The van der Waals surface area contributed by atoms with E-state index in [0.29, 0.717) is 34.7 Å². The summed E-state index contributed by atoms with van der Waals surface area (Å²) < 4.78 is 5.96. The van der Waals surface area contributed by atoms with Crippen molar-refractivity contribution in [2.45, 2.75) is 12.5 Å². The molecule has 44 heavy (non-hydrogen) atoms. The predicted molar refractivity (Wildman–Crippen MR) is 169 cm³/mol. The third-order valence-corrected chi connectivity index (χ3v) is 7.02. The highest BCUT2D eigenvalue weighted by molar-refractivity contribution is 6.12. The largest absolute Gasteiger partial charge is 0.492 e. The molecule has 0 aliphatic rings. The lowest BCUT2D eigenvalue weighted by molar-refractivity contribution is -0.137. The number of ether oxygens (including phenoxy) is 1. The summed E-state index contributed by atoms with van der Waals surface area (Å²) >= 11 is 0. The second-order valence-electron chi connectivity index (χ2n) is 10.0. The van der Waals surface area contributed by atoms with Gasteiger partial charge < -0.3 is 20.1 Å². The van der Waals surface area contributed by atoms with Crippen LogP contribution >= 0.6 is 0 Å². The SMILES string of the molecule is O=C(c1ccccc1)c1ccccc1N[C@@H](Cc1ccc(OCCN(C(=O)c2ccncc2)c2ccccc2)cc1)C(=O)O. The maximum absolute atomic E-state index is 13.2. The Bertz CT molecular complexity index is 1700. The molecule has 4 aromatic carbocycles. The molecule has 5 rings (SSSR count). The zero-order chi connectivity index (χ0) is 30.7. The van der Waals surface area contributed by atoms with Gasteiger partial charge in [0.1, 0.15) is 18.4 Å². The number of hydrogen-bond acceptors (Lipinski definition) is 6. The van der Waals surface area contributed by atoms with Crippen LogP contribution in [0.2, 0.25) is 0 Å². The fourth-order valence-electron chi connectivity index (χ4n) is 4.76. The number of rotatable bonds is 13. The standard InChI is InChI=1S/C36H31N3O5/c40-34(27-9-3-1-4-10-27)31-13-7-8-14-32(31)38-33(36(42)43)25-26-15-17-30(18-16-26)44-24-23-39(29-11-5-2-6-12-29)35(41)28-19-21-37-22-20-28/h1-22,33,38H,23-25H2,(H,42,43)/t33-/m0/s1. The molecule has 0 radical (unpaired) electrons. The van der Waals surface area contributed by atoms with E-state index >= 15 is 0 Å². The molecule has 8 nitrogen and oxygen atoms in total. The van der Waals surface area contributed by atoms with Gasteiger partial charge in [-0.25, -0.2) is 4.79 Å². The van der Waals surface area contributed by atoms with Gasteiger partial charge in [0.25, 0.3) is 5.91 Å². The van der Waals surface area contributed by atoms with Gasteiger partial charge in [0, 0.05) is 46.9 Å². The minimum Gasteiger partial charge on any atom is -0.492 e. The third-order valence-electron chi connectivity index (χ3n) is 7.02. The molecule has 2 N–H and O–H groups in total. The molecule has 0 fully saturated rings. The number of carbonyl (C=O) groups is 3. The summed E-state index contributed by atoms with van der Waals surface area (Å²) in [6.07, 6.45) is 3.36. The van der Waals surface area contributed by atoms with E-state index in [1.165, 1.54) is 0 Å². The van der Waals surface area contributed by atoms with E-state index in [1.54, 1.807) is 90.1 Å². The lowest BCUT2D eigenvalue weighted by Gasteiger charge is -2.23. The van der Waals surface area contributed by atoms with Gasteiger partial charge in [-0.15, -0.1) is 0 Å². The Balaban J connectivity index is 1.22. The molecule has 1 atom stereocenters. The first-order valence-electron chi connectivity index (χ1n) is 14.2. The Hall–Kier alpha value is -5.76. The van der Waals surface area contributed by atoms with Crippen LogP contribution in [0.4, 0.5) is 11.4 Å². The number of nitrogens with one attached hydrogen (secondary N) is 1. The molecule has 0 bridgehead atoms. The van der Waals surface area contributed by atoms with Gasteiger partial charge in [0.05, 0.1) is 6.54 Å². The number of aliphatic carboxylic acids is 1. The minimum absolute atomic E-state index is 0.156. The zero-order valence-electron chi connectivity index (χ0n) is 23.9. The number of para-hydroxylation sites is 2. The van der Waals surface area contributed by atoms with Crippen LogP contribution in [0.5, 0.6) is 5.75 Å². The number of amides is 1. The average Bonchev–Trinajstić information content (AvgIpc) is 3.08. The van der Waals surface area contributed by atoms with Crippen LogP contribution in [0, 0.1) is 0 Å². The number of benzene rings is 4. The van der Waals surface area contributed by atoms with Gasteiger partial charge in [-0.1, -0.05) is 72.8 Å². The van der Waals surface area contributed by atoms with Gasteiger partial charge in [-0.05, 0) is 54.1 Å². The van der Waals surface area contributed by atoms with Crippen molar-refractivity contribution in [1.29, 1.82) is 0 Å². The average molecular weight is 586 g/mol. The molecule has 8 heteroatoms. The summed E-state index contributed by atoms with van der Waals surface area (Å²) in [5.41, 5.74) is 3.45. The number of carboxylic acids is 1. The van der Waals surface area contributed by atoms with Gasteiger partial charge >= 0.3 is 5.97 Å². The first kappa shape index (κ1) is 29.7. The van der Waals surface area contributed by atoms with Crippen molar-refractivity contribution in [3.8, 4) is 5.75 Å². The van der Waals surface area contributed by atoms with Crippen LogP contribution in [-0.2, 0) is 11.2 Å². The van der Waals surface area contributed by atoms with Gasteiger partial charge in [0.2, 0.25) is 0 Å². The molecule has 0 spiro atoms. The predicted octanol–water partition coefficient (Wildman–Crippen LogP) is 6.15. The highest BCUT2D eigenvalue weighted by Gasteiger charge is 2.22. The number of hydrogen-bond donors (Lipinski definition) is 2. The molecule has 1 heterocycles. The molecule has 1 aromatic heterocycles. The first-order chi connectivity index (χ1) is 21.5. The smallest absolute Gasteiger partial charge is 0.326 e. The molecular weight excluding hydrogens is 554 g/mol. The van der Waals surface area contributed by atoms with E-state index in [0.717, 1.165) is 11.3 Å². The molecule has 0 aliphatic carbocycles. The molecule has 5 aromatic rings. The lowest BCUT2D eigenvalue weighted by atomic mass is 10.00. The second kappa shape index (κ2) is 14.4. The van der Waals surface area contributed by atoms with E-state index in [1.807, 2.05) is 48.5 Å². The quantitative estimate of drug-likeness (QED) is 0.160. The summed E-state index contributed by atoms with van der Waals surface area (Å²) in [5.74, 6) is -0.784. The Labute approximate surface area is 255 Å². The molecule has 0 saturated heterocycles. The monoisotopic (exact) mass is 585 g/mol. The van der Waals surface area contributed by atoms with Crippen molar-refractivity contribution < 1.29 is 24.2 Å². The number of carboxylic acid groups (broad SMARTS) is 1. The normalized spacial score (nSPS) is 11.3. The molecule has 1 amide bonds. The van der Waals surface area contributed by atoms with E-state index in [4.69, 9.17) is 4.74 Å². The molecule has 0 saturated carbocycles. The molecule has 0 unspecified atom stereocenters. The summed E-state index contributed by atoms with van der Waals surface area (Å²) in [4.78, 5) is 44.2. The lowest BCUT2D eigenvalue weighted by Crippen LogP contribution is -2.34. The van der Waals surface area contributed by atoms with E-state index in [2.05, 4.69) is 10.3 Å². The first-order valence-corrected chi connectivity index (χ1v) is 14.2. The Kier molecular flexibility index (Phi) is 9.74. The fourth-order valence-corrected chi connectivity index (χ4v) is 4.76. The number of carbonyl (C=O) groups excluding carboxylic acids is 2. The number of pyridine rings is 1. The molecular formula is C36H31N3O5. The van der Waals surface area contributed by atoms with E-state index in [9.17, 15) is 19.5 Å². The van der Waals surface area contributed by atoms with Crippen LogP contribution in [0.25, 0.3) is 0 Å². The highest BCUT2D eigenvalue weighted by Crippen LogP contribution is 2.22. The third kappa shape index (κ3) is 7.54. The maximum Gasteiger partial charge on any atom is 0.326 e. The summed E-state index contributed by atoms with van der Waals surface area (Å²) in [7, 11) is 0. The van der Waals surface area contributed by atoms with Crippen LogP contribution < -0.4 is 15.0 Å². The zero-order valence-corrected chi connectivity index (χ0v) is 23.9. The van der Waals surface area contributed by atoms with Gasteiger partial charge in [-0.3, -0.25) is 14.6 Å². The summed E-state index contributed by atoms with van der Waals surface area (Å²) in [5, 5.41) is 13.0. The van der Waals surface area contributed by atoms with Crippen molar-refractivity contribution in [2.24, 2.45) is 0 Å². The Morgan fingerprint density at radius 2 is 1.39 bits per heavy atom. The number of ketones is 1. The van der Waals surface area contributed by atoms with Gasteiger partial charge in [0.15, 0.2) is 5.78 Å². The topological polar surface area (TPSA) is 109 Å². The highest BCUT2D eigenvalue weighted by atomic mass is 16.5. The number of anilines is 2. The van der Waals surface area contributed by atoms with Crippen molar-refractivity contribution in [1.82, 2.24) is 4.98 Å². The summed E-state index contributed by atoms with van der Waals surface area (Å²) in [6.45, 7) is 0.565. The van der Waals surface area contributed by atoms with Crippen LogP contribution in [-0.4, -0.2) is 46.9 Å². The fraction of sp³-hybridized carbons (Fsp3) is 0.111. The Morgan fingerprint density at radius 1 is 0.750 bits per heavy atom. The van der Waals surface area contributed by atoms with Crippen LogP contribution in [0.1, 0.15) is 31.8 Å². The summed E-state index contributed by atoms with van der Waals surface area (Å²) in [6, 6.07) is 34.7. The van der Waals surface area contributed by atoms with Crippen LogP contribution in [0.15, 0.2) is 134 Å².